The number of halogens is 2. The number of benzene rings is 3. The van der Waals surface area contributed by atoms with Gasteiger partial charge in [-0.3, -0.25) is 9.52 Å². The Labute approximate surface area is 189 Å². The van der Waals surface area contributed by atoms with E-state index in [1.165, 1.54) is 56.7 Å². The van der Waals surface area contributed by atoms with Crippen LogP contribution >= 0.6 is 23.2 Å². The topological polar surface area (TPSA) is 93.7 Å². The van der Waals surface area contributed by atoms with Crippen molar-refractivity contribution >= 4 is 50.5 Å². The number of rotatable bonds is 7. The van der Waals surface area contributed by atoms with Gasteiger partial charge in [-0.25, -0.2) is 8.42 Å². The zero-order valence-electron chi connectivity index (χ0n) is 16.5. The lowest BCUT2D eigenvalue weighted by molar-refractivity contribution is 0.102. The average Bonchev–Trinajstić information content (AvgIpc) is 2.76. The third-order valence-electron chi connectivity index (χ3n) is 4.25. The van der Waals surface area contributed by atoms with Crippen LogP contribution in [0.1, 0.15) is 10.4 Å². The highest BCUT2D eigenvalue weighted by Crippen LogP contribution is 2.36. The first-order valence-electron chi connectivity index (χ1n) is 8.85. The van der Waals surface area contributed by atoms with Gasteiger partial charge in [0.25, 0.3) is 15.9 Å². The molecule has 0 saturated heterocycles. The zero-order valence-corrected chi connectivity index (χ0v) is 18.8. The van der Waals surface area contributed by atoms with Gasteiger partial charge in [-0.15, -0.1) is 0 Å². The van der Waals surface area contributed by atoms with Crippen LogP contribution in [0.25, 0.3) is 0 Å². The molecule has 7 nitrogen and oxygen atoms in total. The van der Waals surface area contributed by atoms with Crippen molar-refractivity contribution in [3.63, 3.8) is 0 Å². The minimum absolute atomic E-state index is 0.0628. The number of hydrogen-bond donors (Lipinski definition) is 2. The van der Waals surface area contributed by atoms with Crippen molar-refractivity contribution in [2.75, 3.05) is 24.3 Å². The van der Waals surface area contributed by atoms with Crippen LogP contribution in [0.4, 0.5) is 11.4 Å². The second-order valence-corrected chi connectivity index (χ2v) is 8.75. The van der Waals surface area contributed by atoms with Crippen LogP contribution in [0.3, 0.4) is 0 Å². The van der Waals surface area contributed by atoms with Crippen LogP contribution < -0.4 is 19.5 Å². The Morgan fingerprint density at radius 2 is 1.52 bits per heavy atom. The Kier molecular flexibility index (Phi) is 6.94. The molecule has 31 heavy (non-hydrogen) atoms. The summed E-state index contributed by atoms with van der Waals surface area (Å²) >= 11 is 12.3. The molecule has 0 aliphatic carbocycles. The van der Waals surface area contributed by atoms with Crippen molar-refractivity contribution < 1.29 is 22.7 Å². The molecule has 1 amide bonds. The van der Waals surface area contributed by atoms with Gasteiger partial charge in [0, 0.05) is 17.7 Å². The van der Waals surface area contributed by atoms with E-state index < -0.39 is 15.9 Å². The molecule has 0 unspecified atom stereocenters. The number of carbonyl (C=O) groups excluding carboxylic acids is 1. The first-order valence-corrected chi connectivity index (χ1v) is 11.1. The Bertz CT molecular complexity index is 1220. The van der Waals surface area contributed by atoms with Crippen molar-refractivity contribution in [1.82, 2.24) is 0 Å². The fourth-order valence-corrected chi connectivity index (χ4v) is 4.31. The largest absolute Gasteiger partial charge is 0.495 e. The van der Waals surface area contributed by atoms with Gasteiger partial charge >= 0.3 is 0 Å². The van der Waals surface area contributed by atoms with Gasteiger partial charge in [-0.1, -0.05) is 41.4 Å². The quantitative estimate of drug-likeness (QED) is 0.492. The van der Waals surface area contributed by atoms with Gasteiger partial charge in [0.2, 0.25) is 0 Å². The van der Waals surface area contributed by atoms with E-state index in [-0.39, 0.29) is 21.2 Å². The molecule has 0 fully saturated rings. The van der Waals surface area contributed by atoms with Crippen molar-refractivity contribution in [3.05, 3.63) is 76.3 Å². The summed E-state index contributed by atoms with van der Waals surface area (Å²) < 4.78 is 37.8. The van der Waals surface area contributed by atoms with Gasteiger partial charge in [-0.05, 0) is 30.3 Å². The van der Waals surface area contributed by atoms with Crippen molar-refractivity contribution in [1.29, 1.82) is 0 Å². The molecule has 0 radical (unpaired) electrons. The molecule has 3 rings (SSSR count). The number of methoxy groups -OCH3 is 2. The van der Waals surface area contributed by atoms with E-state index in [4.69, 9.17) is 32.7 Å². The highest BCUT2D eigenvalue weighted by atomic mass is 35.5. The van der Waals surface area contributed by atoms with Crippen molar-refractivity contribution in [2.45, 2.75) is 4.90 Å². The summed E-state index contributed by atoms with van der Waals surface area (Å²) in [4.78, 5) is 12.8. The molecule has 10 heteroatoms. The lowest BCUT2D eigenvalue weighted by Crippen LogP contribution is -2.15. The van der Waals surface area contributed by atoms with Gasteiger partial charge in [0.05, 0.1) is 40.5 Å². The molecule has 3 aromatic rings. The van der Waals surface area contributed by atoms with E-state index in [1.54, 1.807) is 18.2 Å². The number of anilines is 2. The van der Waals surface area contributed by atoms with Crippen molar-refractivity contribution in [3.8, 4) is 11.5 Å². The van der Waals surface area contributed by atoms with Crippen LogP contribution in [0.5, 0.6) is 11.5 Å². The Balaban J connectivity index is 1.82. The summed E-state index contributed by atoms with van der Waals surface area (Å²) in [5, 5.41) is 3.09. The predicted octanol–water partition coefficient (Wildman–Crippen LogP) is 5.06. The molecular formula is C21H18Cl2N2O5S. The molecule has 2 N–H and O–H groups in total. The summed E-state index contributed by atoms with van der Waals surface area (Å²) in [5.41, 5.74) is 0.704. The molecule has 0 aliphatic heterocycles. The molecule has 3 aromatic carbocycles. The maximum absolute atomic E-state index is 12.7. The summed E-state index contributed by atoms with van der Waals surface area (Å²) in [5.74, 6) is 0.223. The monoisotopic (exact) mass is 480 g/mol. The summed E-state index contributed by atoms with van der Waals surface area (Å²) in [6, 6.07) is 15.1. The smallest absolute Gasteiger partial charge is 0.261 e. The average molecular weight is 481 g/mol. The van der Waals surface area contributed by atoms with E-state index in [0.29, 0.717) is 22.2 Å². The normalized spacial score (nSPS) is 11.0. The molecule has 0 bridgehead atoms. The molecular weight excluding hydrogens is 463 g/mol. The highest BCUT2D eigenvalue weighted by molar-refractivity contribution is 7.92. The second-order valence-electron chi connectivity index (χ2n) is 6.25. The Morgan fingerprint density at radius 3 is 2.13 bits per heavy atom. The second kappa shape index (κ2) is 9.47. The van der Waals surface area contributed by atoms with E-state index in [9.17, 15) is 13.2 Å². The van der Waals surface area contributed by atoms with E-state index >= 15 is 0 Å². The lowest BCUT2D eigenvalue weighted by atomic mass is 10.2. The van der Waals surface area contributed by atoms with Gasteiger partial charge < -0.3 is 14.8 Å². The third-order valence-corrected chi connectivity index (χ3v) is 6.24. The minimum Gasteiger partial charge on any atom is -0.495 e. The maximum atomic E-state index is 12.7. The van der Waals surface area contributed by atoms with Crippen molar-refractivity contribution in [2.24, 2.45) is 0 Å². The van der Waals surface area contributed by atoms with Crippen LogP contribution in [0, 0.1) is 0 Å². The Hall–Kier alpha value is -2.94. The number of sulfonamides is 1. The van der Waals surface area contributed by atoms with Crippen LogP contribution in [-0.4, -0.2) is 28.5 Å². The third kappa shape index (κ3) is 5.22. The molecule has 162 valence electrons. The predicted molar refractivity (Wildman–Crippen MR) is 121 cm³/mol. The van der Waals surface area contributed by atoms with Crippen LogP contribution in [0.15, 0.2) is 65.6 Å². The number of carbonyl (C=O) groups is 1. The van der Waals surface area contributed by atoms with E-state index in [1.807, 2.05) is 0 Å². The molecule has 0 saturated carbocycles. The molecule has 0 spiro atoms. The van der Waals surface area contributed by atoms with Crippen LogP contribution in [-0.2, 0) is 10.0 Å². The number of amides is 1. The van der Waals surface area contributed by atoms with E-state index in [2.05, 4.69) is 10.0 Å². The molecule has 0 atom stereocenters. The SMILES string of the molecule is COc1cc(NC(=O)c2ccc(NS(=O)(=O)c3ccccc3)c(Cl)c2)c(OC)cc1Cl. The first kappa shape index (κ1) is 22.7. The Morgan fingerprint density at radius 1 is 0.839 bits per heavy atom. The fourth-order valence-electron chi connectivity index (χ4n) is 2.70. The molecule has 0 aromatic heterocycles. The number of nitrogens with one attached hydrogen (secondary N) is 2. The first-order chi connectivity index (χ1) is 14.7. The maximum Gasteiger partial charge on any atom is 0.261 e. The highest BCUT2D eigenvalue weighted by Gasteiger charge is 2.18. The minimum atomic E-state index is -3.82. The number of hydrogen-bond acceptors (Lipinski definition) is 5. The fraction of sp³-hybridized carbons (Fsp3) is 0.0952. The van der Waals surface area contributed by atoms with Crippen LogP contribution in [0.2, 0.25) is 10.0 Å². The lowest BCUT2D eigenvalue weighted by Gasteiger charge is -2.14. The summed E-state index contributed by atoms with van der Waals surface area (Å²) in [6.45, 7) is 0. The van der Waals surface area contributed by atoms with Gasteiger partial charge in [0.1, 0.15) is 11.5 Å². The van der Waals surface area contributed by atoms with Gasteiger partial charge in [-0.2, -0.15) is 0 Å². The van der Waals surface area contributed by atoms with Gasteiger partial charge in [0.15, 0.2) is 0 Å². The van der Waals surface area contributed by atoms with E-state index in [0.717, 1.165) is 0 Å². The summed E-state index contributed by atoms with van der Waals surface area (Å²) in [6.07, 6.45) is 0. The molecule has 0 aliphatic rings. The summed E-state index contributed by atoms with van der Waals surface area (Å²) in [7, 11) is -0.921. The number of ether oxygens (including phenoxy) is 2. The zero-order chi connectivity index (χ0) is 22.6. The molecule has 0 heterocycles. The standard InChI is InChI=1S/C21H18Cl2N2O5S/c1-29-19-12-18(20(30-2)11-16(19)23)24-21(26)13-8-9-17(15(22)10-13)25-31(27,28)14-6-4-3-5-7-14/h3-12,25H,1-2H3,(H,24,26).